The zero-order valence-corrected chi connectivity index (χ0v) is 15.6. The number of carbonyl (C=O) groups is 1. The summed E-state index contributed by atoms with van der Waals surface area (Å²) in [6.07, 6.45) is 1.91. The molecule has 1 amide bonds. The highest BCUT2D eigenvalue weighted by molar-refractivity contribution is 7.09. The lowest BCUT2D eigenvalue weighted by atomic mass is 9.96. The largest absolute Gasteiger partial charge is 0.355 e. The molecule has 22 heavy (non-hydrogen) atoms. The first-order valence-electron chi connectivity index (χ1n) is 7.24. The highest BCUT2D eigenvalue weighted by Gasteiger charge is 2.24. The summed E-state index contributed by atoms with van der Waals surface area (Å²) in [5, 5.41) is 9.28. The van der Waals surface area contributed by atoms with Crippen LogP contribution in [0.5, 0.6) is 0 Å². The summed E-state index contributed by atoms with van der Waals surface area (Å²) in [7, 11) is 1.89. The zero-order chi connectivity index (χ0) is 14.4. The number of hydrogen-bond donors (Lipinski definition) is 2. The molecular formula is C14H26Cl2N4OS. The summed E-state index contributed by atoms with van der Waals surface area (Å²) in [4.78, 5) is 18.9. The van der Waals surface area contributed by atoms with Gasteiger partial charge in [0.05, 0.1) is 10.7 Å². The predicted molar refractivity (Wildman–Crippen MR) is 96.3 cm³/mol. The summed E-state index contributed by atoms with van der Waals surface area (Å²) >= 11 is 1.70. The summed E-state index contributed by atoms with van der Waals surface area (Å²) < 4.78 is 0. The van der Waals surface area contributed by atoms with Gasteiger partial charge in [0.2, 0.25) is 5.91 Å². The third-order valence-electron chi connectivity index (χ3n) is 3.68. The summed E-state index contributed by atoms with van der Waals surface area (Å²) in [6, 6.07) is 0. The number of rotatable bonds is 6. The first-order valence-corrected chi connectivity index (χ1v) is 8.12. The first-order chi connectivity index (χ1) is 9.69. The molecule has 2 N–H and O–H groups in total. The number of likely N-dealkylation sites (tertiary alicyclic amines) is 1. The van der Waals surface area contributed by atoms with Gasteiger partial charge >= 0.3 is 0 Å². The molecule has 1 aromatic heterocycles. The maximum absolute atomic E-state index is 12.0. The van der Waals surface area contributed by atoms with Crippen molar-refractivity contribution in [1.82, 2.24) is 20.5 Å². The van der Waals surface area contributed by atoms with Crippen LogP contribution >= 0.6 is 36.2 Å². The average molecular weight is 369 g/mol. The van der Waals surface area contributed by atoms with Crippen molar-refractivity contribution in [2.75, 3.05) is 33.2 Å². The second-order valence-electron chi connectivity index (χ2n) is 5.30. The van der Waals surface area contributed by atoms with E-state index < -0.39 is 0 Å². The molecule has 2 rings (SSSR count). The lowest BCUT2D eigenvalue weighted by molar-refractivity contribution is -0.126. The molecule has 5 nitrogen and oxygen atoms in total. The van der Waals surface area contributed by atoms with Gasteiger partial charge in [-0.1, -0.05) is 0 Å². The second-order valence-corrected chi connectivity index (χ2v) is 6.37. The van der Waals surface area contributed by atoms with Crippen molar-refractivity contribution in [1.29, 1.82) is 0 Å². The number of halogens is 2. The van der Waals surface area contributed by atoms with Crippen LogP contribution in [0.2, 0.25) is 0 Å². The van der Waals surface area contributed by atoms with Crippen LogP contribution in [0, 0.1) is 12.8 Å². The Morgan fingerprint density at radius 2 is 2.05 bits per heavy atom. The lowest BCUT2D eigenvalue weighted by Crippen LogP contribution is -2.41. The number of nitrogens with zero attached hydrogens (tertiary/aromatic N) is 2. The normalized spacial score (nSPS) is 15.7. The molecule has 1 fully saturated rings. The van der Waals surface area contributed by atoms with Crippen LogP contribution in [-0.2, 0) is 11.3 Å². The molecule has 8 heteroatoms. The molecular weight excluding hydrogens is 343 g/mol. The minimum absolute atomic E-state index is 0. The van der Waals surface area contributed by atoms with Crippen molar-refractivity contribution < 1.29 is 4.79 Å². The van der Waals surface area contributed by atoms with E-state index in [1.54, 1.807) is 11.3 Å². The van der Waals surface area contributed by atoms with Gasteiger partial charge in [0.25, 0.3) is 0 Å². The third-order valence-corrected chi connectivity index (χ3v) is 4.51. The van der Waals surface area contributed by atoms with Crippen LogP contribution in [0.1, 0.15) is 23.5 Å². The monoisotopic (exact) mass is 368 g/mol. The van der Waals surface area contributed by atoms with Gasteiger partial charge in [-0.05, 0) is 39.9 Å². The molecule has 0 atom stereocenters. The Labute approximate surface area is 149 Å². The Hall–Kier alpha value is -0.400. The number of piperidine rings is 1. The molecule has 0 aromatic carbocycles. The molecule has 0 unspecified atom stereocenters. The summed E-state index contributed by atoms with van der Waals surface area (Å²) in [5.41, 5.74) is 1.16. The highest BCUT2D eigenvalue weighted by Crippen LogP contribution is 2.19. The summed E-state index contributed by atoms with van der Waals surface area (Å²) in [5.74, 6) is 0.393. The van der Waals surface area contributed by atoms with Crippen molar-refractivity contribution in [3.05, 3.63) is 16.1 Å². The SMILES string of the molecule is CNCCNC(=O)C1CCN(Cc2csc(C)n2)CC1.Cl.Cl. The fourth-order valence-electron chi connectivity index (χ4n) is 2.52. The van der Waals surface area contributed by atoms with Gasteiger partial charge in [-0.25, -0.2) is 4.98 Å². The molecule has 1 aromatic rings. The van der Waals surface area contributed by atoms with Gasteiger partial charge in [-0.2, -0.15) is 0 Å². The van der Waals surface area contributed by atoms with Crippen LogP contribution in [0.4, 0.5) is 0 Å². The molecule has 0 aliphatic carbocycles. The van der Waals surface area contributed by atoms with Crippen LogP contribution in [0.15, 0.2) is 5.38 Å². The van der Waals surface area contributed by atoms with E-state index in [1.165, 1.54) is 0 Å². The van der Waals surface area contributed by atoms with E-state index in [1.807, 2.05) is 14.0 Å². The van der Waals surface area contributed by atoms with Crippen LogP contribution in [-0.4, -0.2) is 49.0 Å². The molecule has 0 bridgehead atoms. The average Bonchev–Trinajstić information content (AvgIpc) is 2.85. The van der Waals surface area contributed by atoms with E-state index in [4.69, 9.17) is 0 Å². The number of thiazole rings is 1. The lowest BCUT2D eigenvalue weighted by Gasteiger charge is -2.30. The van der Waals surface area contributed by atoms with Gasteiger partial charge in [0, 0.05) is 30.9 Å². The van der Waals surface area contributed by atoms with Crippen molar-refractivity contribution >= 4 is 42.1 Å². The minimum Gasteiger partial charge on any atom is -0.355 e. The minimum atomic E-state index is 0. The van der Waals surface area contributed by atoms with Crippen LogP contribution in [0.3, 0.4) is 0 Å². The number of aryl methyl sites for hydroxylation is 1. The van der Waals surface area contributed by atoms with Crippen LogP contribution < -0.4 is 10.6 Å². The number of nitrogens with one attached hydrogen (secondary N) is 2. The van der Waals surface area contributed by atoms with Gasteiger partial charge < -0.3 is 10.6 Å². The van der Waals surface area contributed by atoms with E-state index in [9.17, 15) is 4.79 Å². The molecule has 128 valence electrons. The number of amides is 1. The number of aromatic nitrogens is 1. The zero-order valence-electron chi connectivity index (χ0n) is 13.1. The molecule has 0 radical (unpaired) electrons. The van der Waals surface area contributed by atoms with Crippen molar-refractivity contribution in [3.63, 3.8) is 0 Å². The van der Waals surface area contributed by atoms with Gasteiger partial charge in [-0.3, -0.25) is 9.69 Å². The van der Waals surface area contributed by atoms with E-state index in [2.05, 4.69) is 25.9 Å². The van der Waals surface area contributed by atoms with Gasteiger partial charge in [0.1, 0.15) is 0 Å². The standard InChI is InChI=1S/C14H24N4OS.2ClH/c1-11-17-13(10-20-11)9-18-7-3-12(4-8-18)14(19)16-6-5-15-2;;/h10,12,15H,3-9H2,1-2H3,(H,16,19);2*1H. The topological polar surface area (TPSA) is 57.3 Å². The third kappa shape index (κ3) is 6.79. The highest BCUT2D eigenvalue weighted by atomic mass is 35.5. The van der Waals surface area contributed by atoms with Crippen molar-refractivity contribution in [2.24, 2.45) is 5.92 Å². The molecule has 0 saturated carbocycles. The van der Waals surface area contributed by atoms with Crippen LogP contribution in [0.25, 0.3) is 0 Å². The smallest absolute Gasteiger partial charge is 0.223 e. The van der Waals surface area contributed by atoms with E-state index in [0.717, 1.165) is 49.7 Å². The molecule has 1 saturated heterocycles. The Morgan fingerprint density at radius 1 is 1.36 bits per heavy atom. The Balaban J connectivity index is 0.00000220. The van der Waals surface area contributed by atoms with Gasteiger partial charge in [-0.15, -0.1) is 36.2 Å². The van der Waals surface area contributed by atoms with Crippen molar-refractivity contribution in [3.8, 4) is 0 Å². The Kier molecular flexibility index (Phi) is 11.0. The van der Waals surface area contributed by atoms with E-state index in [0.29, 0.717) is 6.54 Å². The van der Waals surface area contributed by atoms with E-state index in [-0.39, 0.29) is 36.6 Å². The fraction of sp³-hybridized carbons (Fsp3) is 0.714. The molecule has 0 spiro atoms. The molecule has 1 aliphatic heterocycles. The Bertz CT molecular complexity index is 436. The number of hydrogen-bond acceptors (Lipinski definition) is 5. The second kappa shape index (κ2) is 11.2. The maximum Gasteiger partial charge on any atom is 0.223 e. The van der Waals surface area contributed by atoms with Gasteiger partial charge in [0.15, 0.2) is 0 Å². The number of carbonyl (C=O) groups excluding carboxylic acids is 1. The molecule has 2 heterocycles. The maximum atomic E-state index is 12.0. The summed E-state index contributed by atoms with van der Waals surface area (Å²) in [6.45, 7) is 6.47. The van der Waals surface area contributed by atoms with E-state index >= 15 is 0 Å². The quantitative estimate of drug-likeness (QED) is 0.752. The molecule has 1 aliphatic rings. The predicted octanol–water partition coefficient (Wildman–Crippen LogP) is 1.84. The fourth-order valence-corrected chi connectivity index (χ4v) is 3.12. The number of likely N-dealkylation sites (N-methyl/N-ethyl adjacent to an activating group) is 1. The first kappa shape index (κ1) is 21.6. The van der Waals surface area contributed by atoms with Crippen molar-refractivity contribution in [2.45, 2.75) is 26.3 Å². The Morgan fingerprint density at radius 3 is 2.59 bits per heavy atom.